The summed E-state index contributed by atoms with van der Waals surface area (Å²) in [7, 11) is 0. The first-order chi connectivity index (χ1) is 15.6. The molecule has 0 bridgehead atoms. The molecule has 1 fully saturated rings. The standard InChI is InChI=1S/C25H20ClFN4O/c26-20-9-4-10-21(27)24(20)25(32)31-15-13-30(14-16-31)23-12-11-22(28-29-23)19-8-3-6-17-5-1-2-7-18(17)19/h1-12H,13-16H2. The Kier molecular flexibility index (Phi) is 5.45. The number of amides is 1. The average molecular weight is 447 g/mol. The molecule has 2 heterocycles. The summed E-state index contributed by atoms with van der Waals surface area (Å²) in [5, 5.41) is 11.3. The Morgan fingerprint density at radius 2 is 1.59 bits per heavy atom. The van der Waals surface area contributed by atoms with Gasteiger partial charge in [-0.1, -0.05) is 60.1 Å². The van der Waals surface area contributed by atoms with Gasteiger partial charge in [0.05, 0.1) is 16.3 Å². The zero-order valence-corrected chi connectivity index (χ0v) is 18.0. The lowest BCUT2D eigenvalue weighted by Crippen LogP contribution is -2.49. The third-order valence-corrected chi connectivity index (χ3v) is 6.10. The molecule has 3 aromatic carbocycles. The van der Waals surface area contributed by atoms with Gasteiger partial charge in [0.1, 0.15) is 5.82 Å². The molecule has 0 unspecified atom stereocenters. The van der Waals surface area contributed by atoms with E-state index in [4.69, 9.17) is 11.6 Å². The molecule has 1 amide bonds. The molecule has 1 saturated heterocycles. The normalized spacial score (nSPS) is 14.1. The monoisotopic (exact) mass is 446 g/mol. The zero-order valence-electron chi connectivity index (χ0n) is 17.2. The second kappa shape index (κ2) is 8.55. The molecule has 32 heavy (non-hydrogen) atoms. The Labute approximate surface area is 190 Å². The molecule has 0 saturated carbocycles. The van der Waals surface area contributed by atoms with Crippen LogP contribution in [0.4, 0.5) is 10.2 Å². The molecule has 1 aromatic heterocycles. The predicted octanol–water partition coefficient (Wildman–Crippen LogP) is 5.05. The van der Waals surface area contributed by atoms with Gasteiger partial charge >= 0.3 is 0 Å². The summed E-state index contributed by atoms with van der Waals surface area (Å²) in [6.45, 7) is 2.08. The number of halogens is 2. The highest BCUT2D eigenvalue weighted by molar-refractivity contribution is 6.33. The zero-order chi connectivity index (χ0) is 22.1. The largest absolute Gasteiger partial charge is 0.352 e. The van der Waals surface area contributed by atoms with E-state index in [0.29, 0.717) is 26.2 Å². The number of piperazine rings is 1. The number of anilines is 1. The fourth-order valence-corrected chi connectivity index (χ4v) is 4.33. The molecule has 0 aliphatic carbocycles. The van der Waals surface area contributed by atoms with E-state index >= 15 is 0 Å². The van der Waals surface area contributed by atoms with Crippen molar-refractivity contribution in [3.8, 4) is 11.3 Å². The van der Waals surface area contributed by atoms with E-state index in [1.165, 1.54) is 18.2 Å². The molecule has 160 valence electrons. The van der Waals surface area contributed by atoms with Gasteiger partial charge in [-0.3, -0.25) is 4.79 Å². The van der Waals surface area contributed by atoms with Gasteiger partial charge in [-0.25, -0.2) is 4.39 Å². The van der Waals surface area contributed by atoms with Crippen molar-refractivity contribution < 1.29 is 9.18 Å². The van der Waals surface area contributed by atoms with Gasteiger partial charge in [-0.2, -0.15) is 0 Å². The molecule has 1 aliphatic heterocycles. The number of hydrogen-bond acceptors (Lipinski definition) is 4. The van der Waals surface area contributed by atoms with Gasteiger partial charge in [-0.05, 0) is 35.0 Å². The quantitative estimate of drug-likeness (QED) is 0.442. The topological polar surface area (TPSA) is 49.3 Å². The molecular formula is C25H20ClFN4O. The summed E-state index contributed by atoms with van der Waals surface area (Å²) in [6, 6.07) is 22.5. The van der Waals surface area contributed by atoms with Crippen molar-refractivity contribution in [2.24, 2.45) is 0 Å². The van der Waals surface area contributed by atoms with Crippen LogP contribution in [0.15, 0.2) is 72.8 Å². The molecule has 0 N–H and O–H groups in total. The fourth-order valence-electron chi connectivity index (χ4n) is 4.09. The van der Waals surface area contributed by atoms with Crippen molar-refractivity contribution in [3.63, 3.8) is 0 Å². The van der Waals surface area contributed by atoms with Gasteiger partial charge in [0.15, 0.2) is 5.82 Å². The molecule has 1 aliphatic rings. The lowest BCUT2D eigenvalue weighted by molar-refractivity contribution is 0.0742. The van der Waals surface area contributed by atoms with Crippen LogP contribution in [-0.2, 0) is 0 Å². The third kappa shape index (κ3) is 3.78. The van der Waals surface area contributed by atoms with Gasteiger partial charge in [-0.15, -0.1) is 10.2 Å². The number of aromatic nitrogens is 2. The number of carbonyl (C=O) groups excluding carboxylic acids is 1. The van der Waals surface area contributed by atoms with E-state index in [2.05, 4.69) is 33.3 Å². The number of hydrogen-bond donors (Lipinski definition) is 0. The molecule has 7 heteroatoms. The Bertz CT molecular complexity index is 1260. The second-order valence-electron chi connectivity index (χ2n) is 7.68. The van der Waals surface area contributed by atoms with Crippen molar-refractivity contribution in [3.05, 3.63) is 89.2 Å². The summed E-state index contributed by atoms with van der Waals surface area (Å²) < 4.78 is 14.1. The van der Waals surface area contributed by atoms with Crippen molar-refractivity contribution in [2.75, 3.05) is 31.1 Å². The van der Waals surface area contributed by atoms with Crippen molar-refractivity contribution in [2.45, 2.75) is 0 Å². The van der Waals surface area contributed by atoms with Gasteiger partial charge in [0, 0.05) is 31.7 Å². The fraction of sp³-hybridized carbons (Fsp3) is 0.160. The van der Waals surface area contributed by atoms with E-state index in [1.54, 1.807) is 4.90 Å². The smallest absolute Gasteiger partial charge is 0.258 e. The number of rotatable bonds is 3. The van der Waals surface area contributed by atoms with Crippen molar-refractivity contribution in [1.29, 1.82) is 0 Å². The van der Waals surface area contributed by atoms with E-state index in [0.717, 1.165) is 27.8 Å². The second-order valence-corrected chi connectivity index (χ2v) is 8.09. The molecule has 5 rings (SSSR count). The first-order valence-electron chi connectivity index (χ1n) is 10.4. The summed E-state index contributed by atoms with van der Waals surface area (Å²) in [5.74, 6) is -0.227. The van der Waals surface area contributed by atoms with E-state index < -0.39 is 5.82 Å². The highest BCUT2D eigenvalue weighted by Crippen LogP contribution is 2.28. The summed E-state index contributed by atoms with van der Waals surface area (Å²) in [5.41, 5.74) is 1.79. The highest BCUT2D eigenvalue weighted by atomic mass is 35.5. The lowest BCUT2D eigenvalue weighted by Gasteiger charge is -2.35. The molecule has 0 atom stereocenters. The third-order valence-electron chi connectivity index (χ3n) is 5.78. The molecule has 4 aromatic rings. The molecule has 0 spiro atoms. The number of carbonyl (C=O) groups is 1. The maximum atomic E-state index is 14.1. The maximum Gasteiger partial charge on any atom is 0.258 e. The average Bonchev–Trinajstić information content (AvgIpc) is 2.84. The Morgan fingerprint density at radius 1 is 0.844 bits per heavy atom. The van der Waals surface area contributed by atoms with Crippen LogP contribution in [0.5, 0.6) is 0 Å². The molecule has 5 nitrogen and oxygen atoms in total. The minimum atomic E-state index is -0.597. The van der Waals surface area contributed by atoms with Crippen LogP contribution < -0.4 is 4.90 Å². The highest BCUT2D eigenvalue weighted by Gasteiger charge is 2.26. The number of fused-ring (bicyclic) bond motifs is 1. The van der Waals surface area contributed by atoms with Crippen LogP contribution in [0, 0.1) is 5.82 Å². The number of benzene rings is 3. The van der Waals surface area contributed by atoms with E-state index in [-0.39, 0.29) is 16.5 Å². The Balaban J connectivity index is 1.30. The van der Waals surface area contributed by atoms with Gasteiger partial charge < -0.3 is 9.80 Å². The number of nitrogens with zero attached hydrogens (tertiary/aromatic N) is 4. The van der Waals surface area contributed by atoms with Crippen LogP contribution in [0.2, 0.25) is 5.02 Å². The van der Waals surface area contributed by atoms with Crippen LogP contribution in [0.1, 0.15) is 10.4 Å². The van der Waals surface area contributed by atoms with Crippen LogP contribution in [0.3, 0.4) is 0 Å². The first-order valence-corrected chi connectivity index (χ1v) is 10.8. The lowest BCUT2D eigenvalue weighted by atomic mass is 10.0. The summed E-state index contributed by atoms with van der Waals surface area (Å²) >= 11 is 6.05. The molecular weight excluding hydrogens is 427 g/mol. The van der Waals surface area contributed by atoms with Crippen molar-refractivity contribution in [1.82, 2.24) is 15.1 Å². The van der Waals surface area contributed by atoms with Crippen molar-refractivity contribution >= 4 is 34.1 Å². The summed E-state index contributed by atoms with van der Waals surface area (Å²) in [4.78, 5) is 16.4. The first kappa shape index (κ1) is 20.4. The van der Waals surface area contributed by atoms with E-state index in [9.17, 15) is 9.18 Å². The maximum absolute atomic E-state index is 14.1. The van der Waals surface area contributed by atoms with Crippen LogP contribution >= 0.6 is 11.6 Å². The Hall–Kier alpha value is -3.51. The van der Waals surface area contributed by atoms with Gasteiger partial charge in [0.25, 0.3) is 5.91 Å². The Morgan fingerprint density at radius 3 is 2.34 bits per heavy atom. The minimum Gasteiger partial charge on any atom is -0.352 e. The van der Waals surface area contributed by atoms with Gasteiger partial charge in [0.2, 0.25) is 0 Å². The predicted molar refractivity (Wildman–Crippen MR) is 125 cm³/mol. The minimum absolute atomic E-state index is 0.0677. The van der Waals surface area contributed by atoms with Crippen LogP contribution in [0.25, 0.3) is 22.0 Å². The molecule has 0 radical (unpaired) electrons. The summed E-state index contributed by atoms with van der Waals surface area (Å²) in [6.07, 6.45) is 0. The SMILES string of the molecule is O=C(c1c(F)cccc1Cl)N1CCN(c2ccc(-c3cccc4ccccc34)nn2)CC1. The van der Waals surface area contributed by atoms with E-state index in [1.807, 2.05) is 36.4 Å². The van der Waals surface area contributed by atoms with Crippen LogP contribution in [-0.4, -0.2) is 47.2 Å².